The molecule has 20 heavy (non-hydrogen) atoms. The summed E-state index contributed by atoms with van der Waals surface area (Å²) >= 11 is 0. The first-order valence-corrected chi connectivity index (χ1v) is 6.47. The van der Waals surface area contributed by atoms with Crippen molar-refractivity contribution < 1.29 is 9.26 Å². The second-order valence-electron chi connectivity index (χ2n) is 4.60. The van der Waals surface area contributed by atoms with Crippen LogP contribution in [-0.4, -0.2) is 23.4 Å². The Kier molecular flexibility index (Phi) is 4.57. The number of nitrogens with one attached hydrogen (secondary N) is 1. The number of hydrogen-bond donors (Lipinski definition) is 1. The van der Waals surface area contributed by atoms with Gasteiger partial charge in [-0.15, -0.1) is 0 Å². The van der Waals surface area contributed by atoms with Crippen LogP contribution in [0.3, 0.4) is 0 Å². The lowest BCUT2D eigenvalue weighted by Gasteiger charge is -2.09. The molecule has 0 saturated heterocycles. The lowest BCUT2D eigenvalue weighted by atomic mass is 10.2. The van der Waals surface area contributed by atoms with E-state index in [0.717, 1.165) is 22.7 Å². The first-order chi connectivity index (χ1) is 9.61. The molecule has 0 aromatic carbocycles. The second kappa shape index (κ2) is 6.38. The van der Waals surface area contributed by atoms with Crippen LogP contribution in [0.15, 0.2) is 27.6 Å². The Morgan fingerprint density at radius 1 is 1.40 bits per heavy atom. The van der Waals surface area contributed by atoms with Crippen molar-refractivity contribution in [3.05, 3.63) is 45.7 Å². The topological polar surface area (TPSA) is 69.3 Å². The summed E-state index contributed by atoms with van der Waals surface area (Å²) in [6.07, 6.45) is 1.79. The van der Waals surface area contributed by atoms with Gasteiger partial charge in [0, 0.05) is 38.0 Å². The van der Waals surface area contributed by atoms with Gasteiger partial charge < -0.3 is 19.1 Å². The highest BCUT2D eigenvalue weighted by atomic mass is 16.5. The Hall–Kier alpha value is -2.08. The summed E-state index contributed by atoms with van der Waals surface area (Å²) in [7, 11) is 1.62. The minimum Gasteiger partial charge on any atom is -0.383 e. The van der Waals surface area contributed by atoms with Crippen molar-refractivity contribution in [1.29, 1.82) is 0 Å². The van der Waals surface area contributed by atoms with E-state index >= 15 is 0 Å². The second-order valence-corrected chi connectivity index (χ2v) is 4.60. The van der Waals surface area contributed by atoms with E-state index in [4.69, 9.17) is 9.26 Å². The van der Waals surface area contributed by atoms with Gasteiger partial charge in [0.2, 0.25) is 0 Å². The van der Waals surface area contributed by atoms with Crippen molar-refractivity contribution in [2.75, 3.05) is 19.0 Å². The molecule has 2 aromatic rings. The van der Waals surface area contributed by atoms with Gasteiger partial charge in [0.15, 0.2) is 0 Å². The van der Waals surface area contributed by atoms with Gasteiger partial charge in [-0.3, -0.25) is 4.79 Å². The maximum Gasteiger partial charge on any atom is 0.250 e. The van der Waals surface area contributed by atoms with Crippen LogP contribution >= 0.6 is 0 Å². The van der Waals surface area contributed by atoms with E-state index in [1.54, 1.807) is 30.0 Å². The molecule has 0 unspecified atom stereocenters. The Bertz CT molecular complexity index is 611. The molecular formula is C14H19N3O3. The van der Waals surface area contributed by atoms with Crippen molar-refractivity contribution >= 4 is 5.69 Å². The Morgan fingerprint density at radius 2 is 2.20 bits per heavy atom. The lowest BCUT2D eigenvalue weighted by molar-refractivity contribution is 0.186. The SMILES string of the molecule is COCCn1cc(NCc2c(C)noc2C)ccc1=O. The molecule has 0 fully saturated rings. The fraction of sp³-hybridized carbons (Fsp3) is 0.429. The molecule has 108 valence electrons. The Morgan fingerprint density at radius 3 is 2.85 bits per heavy atom. The number of hydrogen-bond acceptors (Lipinski definition) is 5. The Labute approximate surface area is 117 Å². The quantitative estimate of drug-likeness (QED) is 0.870. The van der Waals surface area contributed by atoms with Crippen molar-refractivity contribution in [2.24, 2.45) is 0 Å². The largest absolute Gasteiger partial charge is 0.383 e. The van der Waals surface area contributed by atoms with Crippen molar-refractivity contribution in [1.82, 2.24) is 9.72 Å². The van der Waals surface area contributed by atoms with Crippen LogP contribution in [0.2, 0.25) is 0 Å². The fourth-order valence-corrected chi connectivity index (χ4v) is 1.95. The molecule has 0 saturated carbocycles. The molecule has 0 aliphatic heterocycles. The smallest absolute Gasteiger partial charge is 0.250 e. The minimum absolute atomic E-state index is 0.0371. The molecule has 0 aliphatic rings. The highest BCUT2D eigenvalue weighted by Gasteiger charge is 2.08. The normalized spacial score (nSPS) is 10.8. The number of aromatic nitrogens is 2. The van der Waals surface area contributed by atoms with Gasteiger partial charge in [0.25, 0.3) is 5.56 Å². The van der Waals surface area contributed by atoms with E-state index in [1.807, 2.05) is 13.8 Å². The molecule has 0 radical (unpaired) electrons. The van der Waals surface area contributed by atoms with Gasteiger partial charge >= 0.3 is 0 Å². The maximum absolute atomic E-state index is 11.7. The summed E-state index contributed by atoms with van der Waals surface area (Å²) in [4.78, 5) is 11.7. The third-order valence-corrected chi connectivity index (χ3v) is 3.17. The third-order valence-electron chi connectivity index (χ3n) is 3.17. The zero-order valence-electron chi connectivity index (χ0n) is 12.0. The highest BCUT2D eigenvalue weighted by molar-refractivity contribution is 5.41. The zero-order valence-corrected chi connectivity index (χ0v) is 12.0. The highest BCUT2D eigenvalue weighted by Crippen LogP contribution is 2.14. The minimum atomic E-state index is -0.0371. The lowest BCUT2D eigenvalue weighted by Crippen LogP contribution is -2.21. The van der Waals surface area contributed by atoms with Crippen molar-refractivity contribution in [3.63, 3.8) is 0 Å². The first-order valence-electron chi connectivity index (χ1n) is 6.47. The number of methoxy groups -OCH3 is 1. The van der Waals surface area contributed by atoms with Gasteiger partial charge in [-0.25, -0.2) is 0 Å². The molecule has 2 aromatic heterocycles. The average Bonchev–Trinajstić information content (AvgIpc) is 2.76. The summed E-state index contributed by atoms with van der Waals surface area (Å²) in [6.45, 7) is 5.45. The third kappa shape index (κ3) is 3.27. The van der Waals surface area contributed by atoms with Crippen LogP contribution in [0.25, 0.3) is 0 Å². The van der Waals surface area contributed by atoms with E-state index in [2.05, 4.69) is 10.5 Å². The molecule has 2 rings (SSSR count). The number of ether oxygens (including phenoxy) is 1. The summed E-state index contributed by atoms with van der Waals surface area (Å²) in [6, 6.07) is 3.31. The molecule has 6 heteroatoms. The number of pyridine rings is 1. The summed E-state index contributed by atoms with van der Waals surface area (Å²) in [5.74, 6) is 0.808. The van der Waals surface area contributed by atoms with Crippen LogP contribution in [0, 0.1) is 13.8 Å². The van der Waals surface area contributed by atoms with E-state index in [0.29, 0.717) is 19.7 Å². The predicted molar refractivity (Wildman–Crippen MR) is 75.9 cm³/mol. The van der Waals surface area contributed by atoms with Crippen LogP contribution in [0.5, 0.6) is 0 Å². The Balaban J connectivity index is 2.08. The molecule has 2 heterocycles. The number of rotatable bonds is 6. The monoisotopic (exact) mass is 277 g/mol. The zero-order chi connectivity index (χ0) is 14.5. The maximum atomic E-state index is 11.7. The van der Waals surface area contributed by atoms with Crippen LogP contribution in [0.4, 0.5) is 5.69 Å². The molecule has 0 amide bonds. The summed E-state index contributed by atoms with van der Waals surface area (Å²) in [5.41, 5.74) is 2.76. The van der Waals surface area contributed by atoms with E-state index < -0.39 is 0 Å². The van der Waals surface area contributed by atoms with Gasteiger partial charge in [-0.05, 0) is 19.9 Å². The van der Waals surface area contributed by atoms with E-state index in [-0.39, 0.29) is 5.56 Å². The standard InChI is InChI=1S/C14H19N3O3/c1-10-13(11(2)20-16-10)8-15-12-4-5-14(18)17(9-12)6-7-19-3/h4-5,9,15H,6-8H2,1-3H3. The van der Waals surface area contributed by atoms with Gasteiger partial charge in [0.1, 0.15) is 5.76 Å². The molecular weight excluding hydrogens is 258 g/mol. The molecule has 1 N–H and O–H groups in total. The predicted octanol–water partition coefficient (Wildman–Crippen LogP) is 1.71. The molecule has 0 aliphatic carbocycles. The fourth-order valence-electron chi connectivity index (χ4n) is 1.95. The number of aryl methyl sites for hydroxylation is 2. The average molecular weight is 277 g/mol. The molecule has 0 atom stereocenters. The first kappa shape index (κ1) is 14.3. The van der Waals surface area contributed by atoms with Crippen LogP contribution in [-0.2, 0) is 17.8 Å². The number of nitrogens with zero attached hydrogens (tertiary/aromatic N) is 2. The van der Waals surface area contributed by atoms with Crippen molar-refractivity contribution in [3.8, 4) is 0 Å². The molecule has 6 nitrogen and oxygen atoms in total. The van der Waals surface area contributed by atoms with Crippen molar-refractivity contribution in [2.45, 2.75) is 26.9 Å². The molecule has 0 spiro atoms. The van der Waals surface area contributed by atoms with Gasteiger partial charge in [-0.2, -0.15) is 0 Å². The summed E-state index contributed by atoms with van der Waals surface area (Å²) < 4.78 is 11.7. The summed E-state index contributed by atoms with van der Waals surface area (Å²) in [5, 5.41) is 7.19. The molecule has 0 bridgehead atoms. The van der Waals surface area contributed by atoms with E-state index in [9.17, 15) is 4.79 Å². The van der Waals surface area contributed by atoms with Gasteiger partial charge in [0.05, 0.1) is 18.0 Å². The van der Waals surface area contributed by atoms with Crippen LogP contribution < -0.4 is 10.9 Å². The van der Waals surface area contributed by atoms with E-state index in [1.165, 1.54) is 0 Å². The number of anilines is 1. The van der Waals surface area contributed by atoms with Crippen LogP contribution in [0.1, 0.15) is 17.0 Å². The van der Waals surface area contributed by atoms with Gasteiger partial charge in [-0.1, -0.05) is 5.16 Å².